The van der Waals surface area contributed by atoms with Gasteiger partial charge in [0, 0.05) is 36.4 Å². The summed E-state index contributed by atoms with van der Waals surface area (Å²) < 4.78 is 15.7. The molecule has 2 aromatic heterocycles. The molecule has 0 spiro atoms. The van der Waals surface area contributed by atoms with Gasteiger partial charge in [-0.05, 0) is 73.9 Å². The Morgan fingerprint density at radius 3 is 2.81 bits per heavy atom. The molecule has 31 heavy (non-hydrogen) atoms. The van der Waals surface area contributed by atoms with Gasteiger partial charge >= 0.3 is 0 Å². The van der Waals surface area contributed by atoms with E-state index in [-0.39, 0.29) is 0 Å². The molecule has 0 bridgehead atoms. The monoisotopic (exact) mass is 419 g/mol. The number of benzene rings is 1. The van der Waals surface area contributed by atoms with Gasteiger partial charge in [-0.2, -0.15) is 0 Å². The third kappa shape index (κ3) is 4.16. The summed E-state index contributed by atoms with van der Waals surface area (Å²) in [5.74, 6) is 0.919. The molecule has 1 aliphatic heterocycles. The number of carbonyl (C=O) groups excluding carboxylic acids is 1. The fourth-order valence-electron chi connectivity index (χ4n) is 5.67. The van der Waals surface area contributed by atoms with Crippen LogP contribution in [0, 0.1) is 11.7 Å². The highest BCUT2D eigenvalue weighted by molar-refractivity contribution is 5.88. The van der Waals surface area contributed by atoms with Crippen molar-refractivity contribution in [1.82, 2.24) is 14.5 Å². The Morgan fingerprint density at radius 1 is 1.10 bits per heavy atom. The predicted octanol–water partition coefficient (Wildman–Crippen LogP) is 5.74. The third-order valence-corrected chi connectivity index (χ3v) is 7.20. The van der Waals surface area contributed by atoms with Gasteiger partial charge in [0.1, 0.15) is 5.82 Å². The van der Waals surface area contributed by atoms with Gasteiger partial charge in [0.05, 0.1) is 17.4 Å². The van der Waals surface area contributed by atoms with Crippen molar-refractivity contribution in [3.63, 3.8) is 0 Å². The predicted molar refractivity (Wildman–Crippen MR) is 121 cm³/mol. The summed E-state index contributed by atoms with van der Waals surface area (Å²) in [5.41, 5.74) is 3.34. The van der Waals surface area contributed by atoms with Crippen LogP contribution in [0.5, 0.6) is 0 Å². The van der Waals surface area contributed by atoms with E-state index in [9.17, 15) is 9.18 Å². The van der Waals surface area contributed by atoms with E-state index in [0.29, 0.717) is 17.2 Å². The molecule has 162 valence electrons. The van der Waals surface area contributed by atoms with E-state index in [0.717, 1.165) is 24.3 Å². The molecule has 0 amide bonds. The maximum atomic E-state index is 13.7. The lowest BCUT2D eigenvalue weighted by molar-refractivity contribution is 0.112. The first kappa shape index (κ1) is 20.4. The van der Waals surface area contributed by atoms with E-state index >= 15 is 0 Å². The highest BCUT2D eigenvalue weighted by atomic mass is 19.1. The summed E-state index contributed by atoms with van der Waals surface area (Å²) in [6.45, 7) is 3.51. The van der Waals surface area contributed by atoms with Crippen LogP contribution in [0.15, 0.2) is 42.9 Å². The zero-order valence-corrected chi connectivity index (χ0v) is 18.0. The molecule has 4 nitrogen and oxygen atoms in total. The van der Waals surface area contributed by atoms with Crippen molar-refractivity contribution in [2.24, 2.45) is 5.92 Å². The van der Waals surface area contributed by atoms with Crippen molar-refractivity contribution < 1.29 is 9.18 Å². The van der Waals surface area contributed by atoms with Crippen LogP contribution in [-0.2, 0) is 0 Å². The van der Waals surface area contributed by atoms with E-state index in [1.54, 1.807) is 6.07 Å². The lowest BCUT2D eigenvalue weighted by Gasteiger charge is -2.36. The zero-order chi connectivity index (χ0) is 21.2. The Balaban J connectivity index is 1.47. The topological polar surface area (TPSA) is 38.1 Å². The number of fused-ring (bicyclic) bond motifs is 1. The number of hydrogen-bond acceptors (Lipinski definition) is 3. The fourth-order valence-corrected chi connectivity index (χ4v) is 5.67. The van der Waals surface area contributed by atoms with E-state index in [2.05, 4.69) is 22.1 Å². The van der Waals surface area contributed by atoms with Crippen LogP contribution in [0.2, 0.25) is 0 Å². The Bertz CT molecular complexity index is 1070. The summed E-state index contributed by atoms with van der Waals surface area (Å²) in [6.07, 6.45) is 15.9. The first-order valence-electron chi connectivity index (χ1n) is 11.7. The number of piperidine rings is 1. The molecule has 2 fully saturated rings. The van der Waals surface area contributed by atoms with E-state index in [1.165, 1.54) is 81.1 Å². The second-order valence-electron chi connectivity index (χ2n) is 9.27. The van der Waals surface area contributed by atoms with Gasteiger partial charge in [0.2, 0.25) is 0 Å². The maximum absolute atomic E-state index is 13.7. The SMILES string of the molecule is O=Cc1cc(F)ccc1-n1cc(C2CCCN(CC3CCCCC3)C2)c2ccncc21. The van der Waals surface area contributed by atoms with E-state index in [4.69, 9.17) is 0 Å². The zero-order valence-electron chi connectivity index (χ0n) is 18.0. The van der Waals surface area contributed by atoms with Gasteiger partial charge < -0.3 is 9.47 Å². The second-order valence-corrected chi connectivity index (χ2v) is 9.27. The van der Waals surface area contributed by atoms with Crippen LogP contribution in [0.25, 0.3) is 16.6 Å². The minimum atomic E-state index is -0.397. The van der Waals surface area contributed by atoms with E-state index in [1.807, 2.05) is 17.0 Å². The molecule has 1 aromatic carbocycles. The van der Waals surface area contributed by atoms with Crippen LogP contribution in [0.3, 0.4) is 0 Å². The molecular weight excluding hydrogens is 389 g/mol. The molecule has 3 aromatic rings. The number of halogens is 1. The van der Waals surface area contributed by atoms with Crippen molar-refractivity contribution >= 4 is 17.2 Å². The first-order valence-corrected chi connectivity index (χ1v) is 11.7. The molecule has 2 aliphatic rings. The molecule has 5 rings (SSSR count). The fraction of sp³-hybridized carbons (Fsp3) is 0.462. The van der Waals surface area contributed by atoms with Crippen molar-refractivity contribution in [3.05, 3.63) is 59.8 Å². The van der Waals surface area contributed by atoms with Crippen LogP contribution in [-0.4, -0.2) is 40.4 Å². The average Bonchev–Trinajstić information content (AvgIpc) is 3.19. The number of nitrogens with zero attached hydrogens (tertiary/aromatic N) is 3. The van der Waals surface area contributed by atoms with Gasteiger partial charge in [0.15, 0.2) is 6.29 Å². The normalized spacial score (nSPS) is 20.9. The van der Waals surface area contributed by atoms with Gasteiger partial charge in [-0.15, -0.1) is 0 Å². The van der Waals surface area contributed by atoms with Crippen molar-refractivity contribution in [2.45, 2.75) is 50.9 Å². The van der Waals surface area contributed by atoms with Gasteiger partial charge in [-0.3, -0.25) is 9.78 Å². The summed E-state index contributed by atoms with van der Waals surface area (Å²) in [4.78, 5) is 18.6. The Kier molecular flexibility index (Phi) is 5.86. The number of pyridine rings is 1. The lowest BCUT2D eigenvalue weighted by atomic mass is 9.86. The van der Waals surface area contributed by atoms with Crippen molar-refractivity contribution in [1.29, 1.82) is 0 Å². The average molecular weight is 420 g/mol. The summed E-state index contributed by atoms with van der Waals surface area (Å²) in [7, 11) is 0. The highest BCUT2D eigenvalue weighted by Gasteiger charge is 2.27. The molecular formula is C26H30FN3O. The Labute approximate surface area is 183 Å². The van der Waals surface area contributed by atoms with Gasteiger partial charge in [-0.1, -0.05) is 19.3 Å². The minimum Gasteiger partial charge on any atom is -0.314 e. The summed E-state index contributed by atoms with van der Waals surface area (Å²) >= 11 is 0. The number of carbonyl (C=O) groups is 1. The van der Waals surface area contributed by atoms with Crippen LogP contribution < -0.4 is 0 Å². The summed E-state index contributed by atoms with van der Waals surface area (Å²) in [5, 5.41) is 1.18. The molecule has 0 N–H and O–H groups in total. The summed E-state index contributed by atoms with van der Waals surface area (Å²) in [6, 6.07) is 6.48. The van der Waals surface area contributed by atoms with Gasteiger partial charge in [0.25, 0.3) is 0 Å². The minimum absolute atomic E-state index is 0.356. The molecule has 3 heterocycles. The van der Waals surface area contributed by atoms with Crippen LogP contribution >= 0.6 is 0 Å². The maximum Gasteiger partial charge on any atom is 0.152 e. The molecule has 1 saturated heterocycles. The Morgan fingerprint density at radius 2 is 1.97 bits per heavy atom. The molecule has 5 heteroatoms. The number of aromatic nitrogens is 2. The number of hydrogen-bond donors (Lipinski definition) is 0. The van der Waals surface area contributed by atoms with Gasteiger partial charge in [-0.25, -0.2) is 4.39 Å². The number of likely N-dealkylation sites (tertiary alicyclic amines) is 1. The second kappa shape index (κ2) is 8.91. The third-order valence-electron chi connectivity index (χ3n) is 7.20. The molecule has 1 unspecified atom stereocenters. The highest BCUT2D eigenvalue weighted by Crippen LogP contribution is 2.36. The largest absolute Gasteiger partial charge is 0.314 e. The smallest absolute Gasteiger partial charge is 0.152 e. The Hall–Kier alpha value is -2.53. The van der Waals surface area contributed by atoms with Crippen LogP contribution in [0.1, 0.15) is 66.8 Å². The first-order chi connectivity index (χ1) is 15.2. The molecule has 1 atom stereocenters. The number of aldehydes is 1. The molecule has 1 saturated carbocycles. The lowest BCUT2D eigenvalue weighted by Crippen LogP contribution is -2.38. The standard InChI is InChI=1S/C26H30FN3O/c27-22-8-9-25(21(13-22)18-31)30-17-24(23-10-11-28-14-26(23)30)20-7-4-12-29(16-20)15-19-5-2-1-3-6-19/h8-11,13-14,17-20H,1-7,12,15-16H2. The van der Waals surface area contributed by atoms with Crippen molar-refractivity contribution in [2.75, 3.05) is 19.6 Å². The van der Waals surface area contributed by atoms with Crippen molar-refractivity contribution in [3.8, 4) is 5.69 Å². The quantitative estimate of drug-likeness (QED) is 0.495. The van der Waals surface area contributed by atoms with E-state index < -0.39 is 5.82 Å². The molecule has 0 radical (unpaired) electrons. The number of rotatable bonds is 5. The van der Waals surface area contributed by atoms with Crippen LogP contribution in [0.4, 0.5) is 4.39 Å². The molecule has 1 aliphatic carbocycles.